The fraction of sp³-hybridized carbons (Fsp3) is 0.462. The number of urea groups is 1. The average molecular weight is 233 g/mol. The van der Waals surface area contributed by atoms with Gasteiger partial charge in [-0.15, -0.1) is 0 Å². The summed E-state index contributed by atoms with van der Waals surface area (Å²) in [6.07, 6.45) is 0.938. The summed E-state index contributed by atoms with van der Waals surface area (Å²) < 4.78 is 0. The zero-order valence-corrected chi connectivity index (χ0v) is 10.4. The van der Waals surface area contributed by atoms with Gasteiger partial charge < -0.3 is 4.90 Å². The molecule has 4 heteroatoms. The first kappa shape index (κ1) is 11.9. The van der Waals surface area contributed by atoms with E-state index in [1.165, 1.54) is 21.7 Å². The van der Waals surface area contributed by atoms with E-state index in [0.717, 1.165) is 13.0 Å². The number of aryl methyl sites for hydroxylation is 2. The standard InChI is InChI=1S/C13H19N3O/c1-10-5-3-6-11(2)12(10)9-15-7-4-8-16(14)13(15)17/h3,5-6H,4,7-9,14H2,1-2H3. The first-order chi connectivity index (χ1) is 8.09. The van der Waals surface area contributed by atoms with Crippen LogP contribution in [0.3, 0.4) is 0 Å². The van der Waals surface area contributed by atoms with Crippen molar-refractivity contribution in [2.75, 3.05) is 13.1 Å². The van der Waals surface area contributed by atoms with Crippen LogP contribution in [-0.2, 0) is 6.54 Å². The maximum absolute atomic E-state index is 11.9. The minimum absolute atomic E-state index is 0.0705. The molecule has 1 aliphatic rings. The monoisotopic (exact) mass is 233 g/mol. The number of nitrogens with two attached hydrogens (primary N) is 1. The topological polar surface area (TPSA) is 49.6 Å². The fourth-order valence-electron chi connectivity index (χ4n) is 2.24. The molecule has 0 atom stereocenters. The Morgan fingerprint density at radius 1 is 1.24 bits per heavy atom. The van der Waals surface area contributed by atoms with E-state index < -0.39 is 0 Å². The Kier molecular flexibility index (Phi) is 3.33. The number of amides is 2. The number of nitrogens with zero attached hydrogens (tertiary/aromatic N) is 2. The maximum Gasteiger partial charge on any atom is 0.334 e. The van der Waals surface area contributed by atoms with Gasteiger partial charge in [-0.1, -0.05) is 18.2 Å². The van der Waals surface area contributed by atoms with Crippen molar-refractivity contribution < 1.29 is 4.79 Å². The molecular formula is C13H19N3O. The van der Waals surface area contributed by atoms with Crippen LogP contribution in [0.2, 0.25) is 0 Å². The molecule has 0 bridgehead atoms. The van der Waals surface area contributed by atoms with Crippen molar-refractivity contribution in [1.82, 2.24) is 9.91 Å². The van der Waals surface area contributed by atoms with Crippen molar-refractivity contribution >= 4 is 6.03 Å². The lowest BCUT2D eigenvalue weighted by Gasteiger charge is -2.33. The van der Waals surface area contributed by atoms with Crippen molar-refractivity contribution in [3.8, 4) is 0 Å². The van der Waals surface area contributed by atoms with E-state index in [9.17, 15) is 4.79 Å². The van der Waals surface area contributed by atoms with Gasteiger partial charge in [-0.3, -0.25) is 5.01 Å². The molecule has 0 radical (unpaired) electrons. The van der Waals surface area contributed by atoms with E-state index in [1.807, 2.05) is 11.0 Å². The van der Waals surface area contributed by atoms with Crippen LogP contribution in [0.15, 0.2) is 18.2 Å². The second-order valence-corrected chi connectivity index (χ2v) is 4.62. The molecule has 4 nitrogen and oxygen atoms in total. The van der Waals surface area contributed by atoms with Gasteiger partial charge in [0.1, 0.15) is 0 Å². The molecule has 2 N–H and O–H groups in total. The molecule has 1 aromatic rings. The van der Waals surface area contributed by atoms with Crippen LogP contribution in [0.5, 0.6) is 0 Å². The molecular weight excluding hydrogens is 214 g/mol. The highest BCUT2D eigenvalue weighted by Gasteiger charge is 2.23. The van der Waals surface area contributed by atoms with Crippen molar-refractivity contribution in [3.63, 3.8) is 0 Å². The second-order valence-electron chi connectivity index (χ2n) is 4.62. The number of rotatable bonds is 2. The molecule has 1 aromatic carbocycles. The highest BCUT2D eigenvalue weighted by Crippen LogP contribution is 2.18. The van der Waals surface area contributed by atoms with Gasteiger partial charge in [0.2, 0.25) is 0 Å². The Labute approximate surface area is 102 Å². The van der Waals surface area contributed by atoms with E-state index in [0.29, 0.717) is 13.1 Å². The fourth-order valence-corrected chi connectivity index (χ4v) is 2.24. The third kappa shape index (κ3) is 2.42. The third-order valence-corrected chi connectivity index (χ3v) is 3.34. The third-order valence-electron chi connectivity index (χ3n) is 3.34. The van der Waals surface area contributed by atoms with E-state index >= 15 is 0 Å². The lowest BCUT2D eigenvalue weighted by Crippen LogP contribution is -2.52. The summed E-state index contributed by atoms with van der Waals surface area (Å²) >= 11 is 0. The highest BCUT2D eigenvalue weighted by molar-refractivity contribution is 5.74. The van der Waals surface area contributed by atoms with Gasteiger partial charge in [0.25, 0.3) is 0 Å². The van der Waals surface area contributed by atoms with Gasteiger partial charge >= 0.3 is 6.03 Å². The summed E-state index contributed by atoms with van der Waals surface area (Å²) in [6.45, 7) is 6.27. The van der Waals surface area contributed by atoms with Crippen molar-refractivity contribution in [3.05, 3.63) is 34.9 Å². The van der Waals surface area contributed by atoms with Gasteiger partial charge in [-0.25, -0.2) is 10.6 Å². The summed E-state index contributed by atoms with van der Waals surface area (Å²) in [5.74, 6) is 5.64. The minimum atomic E-state index is -0.0705. The van der Waals surface area contributed by atoms with Gasteiger partial charge in [0.15, 0.2) is 0 Å². The Balaban J connectivity index is 2.18. The first-order valence-electron chi connectivity index (χ1n) is 5.96. The number of hydrazine groups is 1. The molecule has 1 fully saturated rings. The number of carbonyl (C=O) groups excluding carboxylic acids is 1. The summed E-state index contributed by atoms with van der Waals surface area (Å²) in [5.41, 5.74) is 3.69. The van der Waals surface area contributed by atoms with Crippen molar-refractivity contribution in [2.45, 2.75) is 26.8 Å². The lowest BCUT2D eigenvalue weighted by molar-refractivity contribution is 0.127. The minimum Gasteiger partial charge on any atom is -0.319 e. The molecule has 2 amide bonds. The molecule has 1 aliphatic heterocycles. The SMILES string of the molecule is Cc1cccc(C)c1CN1CCCN(N)C1=O. The summed E-state index contributed by atoms with van der Waals surface area (Å²) in [5, 5.41) is 1.30. The zero-order chi connectivity index (χ0) is 12.4. The summed E-state index contributed by atoms with van der Waals surface area (Å²) in [4.78, 5) is 13.7. The number of carbonyl (C=O) groups is 1. The molecule has 0 saturated carbocycles. The largest absolute Gasteiger partial charge is 0.334 e. The Morgan fingerprint density at radius 3 is 2.53 bits per heavy atom. The van der Waals surface area contributed by atoms with Crippen molar-refractivity contribution in [2.24, 2.45) is 5.84 Å². The molecule has 0 spiro atoms. The highest BCUT2D eigenvalue weighted by atomic mass is 16.2. The normalized spacial score (nSPS) is 16.5. The average Bonchev–Trinajstić information content (AvgIpc) is 2.29. The quantitative estimate of drug-likeness (QED) is 0.625. The lowest BCUT2D eigenvalue weighted by atomic mass is 10.0. The molecule has 0 unspecified atom stereocenters. The summed E-state index contributed by atoms with van der Waals surface area (Å²) in [7, 11) is 0. The molecule has 92 valence electrons. The van der Waals surface area contributed by atoms with Crippen LogP contribution >= 0.6 is 0 Å². The smallest absolute Gasteiger partial charge is 0.319 e. The van der Waals surface area contributed by atoms with Crippen LogP contribution in [0.4, 0.5) is 4.79 Å². The van der Waals surface area contributed by atoms with Crippen LogP contribution in [0, 0.1) is 13.8 Å². The molecule has 0 aliphatic carbocycles. The van der Waals surface area contributed by atoms with Gasteiger partial charge in [-0.2, -0.15) is 0 Å². The van der Waals surface area contributed by atoms with Gasteiger partial charge in [0, 0.05) is 19.6 Å². The number of benzene rings is 1. The van der Waals surface area contributed by atoms with E-state index in [-0.39, 0.29) is 6.03 Å². The van der Waals surface area contributed by atoms with Crippen LogP contribution in [0.25, 0.3) is 0 Å². The number of hydrogen-bond donors (Lipinski definition) is 1. The maximum atomic E-state index is 11.9. The molecule has 1 heterocycles. The predicted molar refractivity (Wildman–Crippen MR) is 67.2 cm³/mol. The Morgan fingerprint density at radius 2 is 1.88 bits per heavy atom. The van der Waals surface area contributed by atoms with Crippen LogP contribution < -0.4 is 5.84 Å². The predicted octanol–water partition coefficient (Wildman–Crippen LogP) is 1.80. The molecule has 0 aromatic heterocycles. The molecule has 17 heavy (non-hydrogen) atoms. The van der Waals surface area contributed by atoms with E-state index in [2.05, 4.69) is 26.0 Å². The number of hydrogen-bond acceptors (Lipinski definition) is 2. The van der Waals surface area contributed by atoms with Crippen molar-refractivity contribution in [1.29, 1.82) is 0 Å². The van der Waals surface area contributed by atoms with Gasteiger partial charge in [-0.05, 0) is 37.0 Å². The summed E-state index contributed by atoms with van der Waals surface area (Å²) in [6, 6.07) is 6.13. The second kappa shape index (κ2) is 4.75. The van der Waals surface area contributed by atoms with Gasteiger partial charge in [0.05, 0.1) is 0 Å². The Hall–Kier alpha value is -1.55. The first-order valence-corrected chi connectivity index (χ1v) is 5.96. The molecule has 1 saturated heterocycles. The van der Waals surface area contributed by atoms with Crippen LogP contribution in [-0.4, -0.2) is 29.0 Å². The zero-order valence-electron chi connectivity index (χ0n) is 10.4. The molecule has 2 rings (SSSR count). The van der Waals surface area contributed by atoms with Crippen LogP contribution in [0.1, 0.15) is 23.1 Å². The van der Waals surface area contributed by atoms with E-state index in [1.54, 1.807) is 0 Å². The Bertz CT molecular complexity index is 410. The van der Waals surface area contributed by atoms with E-state index in [4.69, 9.17) is 5.84 Å².